The van der Waals surface area contributed by atoms with Gasteiger partial charge in [0.05, 0.1) is 34.8 Å². The van der Waals surface area contributed by atoms with Gasteiger partial charge in [0, 0.05) is 12.1 Å². The first-order chi connectivity index (χ1) is 12.5. The van der Waals surface area contributed by atoms with Crippen molar-refractivity contribution in [3.05, 3.63) is 68.3 Å². The summed E-state index contributed by atoms with van der Waals surface area (Å²) < 4.78 is 0. The lowest BCUT2D eigenvalue weighted by molar-refractivity contribution is -0.385. The molecule has 0 unspecified atom stereocenters. The van der Waals surface area contributed by atoms with E-state index in [4.69, 9.17) is 0 Å². The van der Waals surface area contributed by atoms with Crippen LogP contribution in [-0.2, 0) is 12.8 Å². The third-order valence-electron chi connectivity index (χ3n) is 4.20. The molecule has 0 fully saturated rings. The molecule has 2 aromatic carbocycles. The quantitative estimate of drug-likeness (QED) is 0.416. The lowest BCUT2D eigenvalue weighted by atomic mass is 10.3. The molecule has 0 aliphatic heterocycles. The number of nitro groups is 2. The van der Waals surface area contributed by atoms with Crippen molar-refractivity contribution in [1.82, 2.24) is 9.97 Å². The van der Waals surface area contributed by atoms with Gasteiger partial charge in [0.25, 0.3) is 23.0 Å². The van der Waals surface area contributed by atoms with E-state index in [1.165, 1.54) is 24.3 Å². The zero-order valence-electron chi connectivity index (χ0n) is 13.4. The van der Waals surface area contributed by atoms with E-state index in [1.54, 1.807) is 12.1 Å². The van der Waals surface area contributed by atoms with Crippen molar-refractivity contribution in [3.63, 3.8) is 0 Å². The average Bonchev–Trinajstić information content (AvgIpc) is 3.21. The number of fused-ring (bicyclic) bond motifs is 2. The molecular formula is C16H14N6O4+2. The lowest BCUT2D eigenvalue weighted by Crippen LogP contribution is -2.13. The van der Waals surface area contributed by atoms with Crippen LogP contribution in [0.5, 0.6) is 0 Å². The van der Waals surface area contributed by atoms with Crippen LogP contribution in [-0.4, -0.2) is 19.8 Å². The maximum atomic E-state index is 10.8. The van der Waals surface area contributed by atoms with Gasteiger partial charge in [-0.25, -0.2) is 19.9 Å². The summed E-state index contributed by atoms with van der Waals surface area (Å²) >= 11 is 0. The zero-order chi connectivity index (χ0) is 18.3. The molecule has 4 aromatic rings. The van der Waals surface area contributed by atoms with Crippen molar-refractivity contribution in [2.45, 2.75) is 12.8 Å². The van der Waals surface area contributed by atoms with E-state index >= 15 is 0 Å². The highest BCUT2D eigenvalue weighted by atomic mass is 16.6. The Bertz CT molecular complexity index is 1070. The summed E-state index contributed by atoms with van der Waals surface area (Å²) in [6.45, 7) is 0. The van der Waals surface area contributed by atoms with E-state index in [2.05, 4.69) is 19.9 Å². The van der Waals surface area contributed by atoms with Gasteiger partial charge in [-0.15, -0.1) is 0 Å². The molecule has 2 aromatic heterocycles. The molecule has 0 spiro atoms. The fraction of sp³-hybridized carbons (Fsp3) is 0.125. The molecule has 0 bridgehead atoms. The highest BCUT2D eigenvalue weighted by Gasteiger charge is 2.18. The van der Waals surface area contributed by atoms with Gasteiger partial charge < -0.3 is 0 Å². The number of nitro benzene ring substituents is 2. The number of hydrogen-bond donors (Lipinski definition) is 2. The minimum absolute atomic E-state index is 0.0323. The van der Waals surface area contributed by atoms with Crippen LogP contribution in [0, 0.1) is 20.2 Å². The van der Waals surface area contributed by atoms with E-state index in [-0.39, 0.29) is 11.4 Å². The van der Waals surface area contributed by atoms with Crippen LogP contribution in [0.2, 0.25) is 0 Å². The minimum atomic E-state index is -0.432. The van der Waals surface area contributed by atoms with E-state index < -0.39 is 9.85 Å². The Hall–Kier alpha value is -3.82. The van der Waals surface area contributed by atoms with Crippen molar-refractivity contribution in [1.29, 1.82) is 0 Å². The van der Waals surface area contributed by atoms with Gasteiger partial charge >= 0.3 is 0 Å². The number of aryl methyl sites for hydroxylation is 2. The largest absolute Gasteiger partial charge is 0.273 e. The molecular weight excluding hydrogens is 340 g/mol. The number of H-pyrrole nitrogens is 4. The summed E-state index contributed by atoms with van der Waals surface area (Å²) in [5.41, 5.74) is 2.99. The molecule has 0 aliphatic rings. The molecule has 0 saturated carbocycles. The first-order valence-corrected chi connectivity index (χ1v) is 7.86. The third-order valence-corrected chi connectivity index (χ3v) is 4.20. The second-order valence-corrected chi connectivity index (χ2v) is 5.93. The minimum Gasteiger partial charge on any atom is -0.258 e. The Morgan fingerprint density at radius 3 is 1.58 bits per heavy atom. The Kier molecular flexibility index (Phi) is 3.57. The van der Waals surface area contributed by atoms with Crippen LogP contribution in [0.15, 0.2) is 36.4 Å². The molecule has 26 heavy (non-hydrogen) atoms. The fourth-order valence-electron chi connectivity index (χ4n) is 2.93. The van der Waals surface area contributed by atoms with E-state index in [1.807, 2.05) is 0 Å². The topological polar surface area (TPSA) is 146 Å². The van der Waals surface area contributed by atoms with Gasteiger partial charge in [0.1, 0.15) is 0 Å². The Morgan fingerprint density at radius 2 is 1.19 bits per heavy atom. The lowest BCUT2D eigenvalue weighted by Gasteiger charge is -1.86. The molecule has 4 rings (SSSR count). The molecule has 2 heterocycles. The second-order valence-electron chi connectivity index (χ2n) is 5.93. The van der Waals surface area contributed by atoms with E-state index in [9.17, 15) is 20.2 Å². The first kappa shape index (κ1) is 15.7. The molecule has 4 N–H and O–H groups in total. The predicted octanol–water partition coefficient (Wildman–Crippen LogP) is 1.88. The second kappa shape index (κ2) is 5.92. The fourth-order valence-corrected chi connectivity index (χ4v) is 2.93. The normalized spacial score (nSPS) is 11.2. The number of aromatic nitrogens is 4. The maximum Gasteiger partial charge on any atom is 0.273 e. The molecule has 0 atom stereocenters. The van der Waals surface area contributed by atoms with Crippen molar-refractivity contribution in [3.8, 4) is 0 Å². The summed E-state index contributed by atoms with van der Waals surface area (Å²) in [6, 6.07) is 9.22. The van der Waals surface area contributed by atoms with Crippen molar-refractivity contribution in [2.24, 2.45) is 0 Å². The highest BCUT2D eigenvalue weighted by molar-refractivity contribution is 5.75. The molecule has 0 aliphatic carbocycles. The third kappa shape index (κ3) is 2.83. The SMILES string of the molecule is O=[N+]([O-])c1ccc2[nH+]c(CCc3[nH]c4cc([N+](=O)[O-])ccc4[nH+]3)[nH]c2c1. The number of imidazole rings is 2. The number of rotatable bonds is 5. The van der Waals surface area contributed by atoms with Crippen LogP contribution in [0.1, 0.15) is 11.6 Å². The smallest absolute Gasteiger partial charge is 0.258 e. The molecule has 0 amide bonds. The monoisotopic (exact) mass is 354 g/mol. The van der Waals surface area contributed by atoms with Crippen molar-refractivity contribution in [2.75, 3.05) is 0 Å². The first-order valence-electron chi connectivity index (χ1n) is 7.86. The Labute approximate surface area is 145 Å². The number of hydrogen-bond acceptors (Lipinski definition) is 4. The zero-order valence-corrected chi connectivity index (χ0v) is 13.4. The standard InChI is InChI=1S/C16H12N6O4/c23-21(24)9-1-3-11-13(7-9)19-15(17-11)5-6-16-18-12-4-2-10(22(25)26)8-14(12)20-16/h1-4,7-8H,5-6H2,(H,17,19)(H,18,20)/p+2. The van der Waals surface area contributed by atoms with Crippen LogP contribution < -0.4 is 9.97 Å². The number of non-ortho nitro benzene ring substituents is 2. The van der Waals surface area contributed by atoms with Gasteiger partial charge in [-0.2, -0.15) is 0 Å². The number of benzene rings is 2. The summed E-state index contributed by atoms with van der Waals surface area (Å²) in [5, 5.41) is 21.7. The Morgan fingerprint density at radius 1 is 0.769 bits per heavy atom. The number of aromatic amines is 4. The molecule has 10 heteroatoms. The summed E-state index contributed by atoms with van der Waals surface area (Å²) in [6.07, 6.45) is 1.27. The van der Waals surface area contributed by atoms with Gasteiger partial charge in [-0.05, 0) is 12.1 Å². The summed E-state index contributed by atoms with van der Waals surface area (Å²) in [4.78, 5) is 33.5. The Balaban J connectivity index is 1.54. The van der Waals surface area contributed by atoms with Crippen molar-refractivity contribution >= 4 is 33.4 Å². The van der Waals surface area contributed by atoms with Crippen LogP contribution >= 0.6 is 0 Å². The van der Waals surface area contributed by atoms with Crippen molar-refractivity contribution < 1.29 is 19.8 Å². The number of nitrogens with zero attached hydrogens (tertiary/aromatic N) is 2. The molecule has 130 valence electrons. The molecule has 0 radical (unpaired) electrons. The van der Waals surface area contributed by atoms with Crippen LogP contribution in [0.25, 0.3) is 22.1 Å². The summed E-state index contributed by atoms with van der Waals surface area (Å²) in [5.74, 6) is 1.66. The van der Waals surface area contributed by atoms with E-state index in [0.717, 1.165) is 22.7 Å². The molecule has 0 saturated heterocycles. The van der Waals surface area contributed by atoms with Crippen LogP contribution in [0.3, 0.4) is 0 Å². The van der Waals surface area contributed by atoms with Gasteiger partial charge in [-0.1, -0.05) is 0 Å². The van der Waals surface area contributed by atoms with Crippen LogP contribution in [0.4, 0.5) is 11.4 Å². The summed E-state index contributed by atoms with van der Waals surface area (Å²) in [7, 11) is 0. The number of nitrogens with one attached hydrogen (secondary N) is 4. The maximum absolute atomic E-state index is 10.8. The highest BCUT2D eigenvalue weighted by Crippen LogP contribution is 2.18. The van der Waals surface area contributed by atoms with Gasteiger partial charge in [0.15, 0.2) is 22.1 Å². The van der Waals surface area contributed by atoms with Gasteiger partial charge in [0.2, 0.25) is 0 Å². The van der Waals surface area contributed by atoms with Gasteiger partial charge in [-0.3, -0.25) is 20.2 Å². The average molecular weight is 354 g/mol. The molecule has 10 nitrogen and oxygen atoms in total. The van der Waals surface area contributed by atoms with E-state index in [0.29, 0.717) is 23.9 Å². The predicted molar refractivity (Wildman–Crippen MR) is 90.4 cm³/mol.